The van der Waals surface area contributed by atoms with Crippen LogP contribution in [-0.4, -0.2) is 46.0 Å². The lowest BCUT2D eigenvalue weighted by Gasteiger charge is -2.30. The van der Waals surface area contributed by atoms with Crippen LogP contribution in [0.25, 0.3) is 0 Å². The van der Waals surface area contributed by atoms with Crippen LogP contribution >= 0.6 is 15.9 Å². The molecule has 0 atom stereocenters. The minimum atomic E-state index is -3.70. The number of para-hydroxylation sites is 1. The number of methoxy groups -OCH3 is 2. The zero-order chi connectivity index (χ0) is 21.0. The number of halogens is 1. The number of piperidine rings is 1. The highest BCUT2D eigenvalue weighted by Crippen LogP contribution is 2.32. The van der Waals surface area contributed by atoms with E-state index in [-0.39, 0.29) is 29.9 Å². The minimum Gasteiger partial charge on any atom is -0.493 e. The maximum Gasteiger partial charge on any atom is 0.314 e. The van der Waals surface area contributed by atoms with Crippen molar-refractivity contribution in [2.75, 3.05) is 27.3 Å². The summed E-state index contributed by atoms with van der Waals surface area (Å²) < 4.78 is 43.9. The van der Waals surface area contributed by atoms with Gasteiger partial charge in [-0.25, -0.2) is 8.42 Å². The first kappa shape index (κ1) is 21.6. The quantitative estimate of drug-likeness (QED) is 0.462. The van der Waals surface area contributed by atoms with Crippen molar-refractivity contribution in [1.29, 1.82) is 0 Å². The third-order valence-corrected chi connectivity index (χ3v) is 7.38. The molecule has 0 N–H and O–H groups in total. The van der Waals surface area contributed by atoms with Gasteiger partial charge in [-0.2, -0.15) is 4.31 Å². The molecular weight excluding hydrogens is 462 g/mol. The Bertz CT molecular complexity index is 986. The number of hydrogen-bond donors (Lipinski definition) is 0. The Balaban J connectivity index is 1.66. The molecular formula is C20H22BrNO6S. The number of benzene rings is 2. The SMILES string of the molecule is COc1ccc(S(=O)(=O)N2CCC(C(=O)Oc3ccccc3Br)CC2)cc1OC. The van der Waals surface area contributed by atoms with Gasteiger partial charge in [0.15, 0.2) is 11.5 Å². The average Bonchev–Trinajstić information content (AvgIpc) is 2.74. The number of rotatable bonds is 6. The molecule has 1 aliphatic rings. The van der Waals surface area contributed by atoms with Crippen molar-refractivity contribution >= 4 is 31.9 Å². The van der Waals surface area contributed by atoms with Crippen molar-refractivity contribution in [2.24, 2.45) is 5.92 Å². The second-order valence-corrected chi connectivity index (χ2v) is 9.34. The fourth-order valence-corrected chi connectivity index (χ4v) is 5.03. The number of hydrogen-bond acceptors (Lipinski definition) is 6. The molecule has 29 heavy (non-hydrogen) atoms. The average molecular weight is 484 g/mol. The van der Waals surface area contributed by atoms with Gasteiger partial charge in [0.25, 0.3) is 0 Å². The molecule has 0 aliphatic carbocycles. The van der Waals surface area contributed by atoms with Gasteiger partial charge in [0.2, 0.25) is 10.0 Å². The molecule has 7 nitrogen and oxygen atoms in total. The fourth-order valence-electron chi connectivity index (χ4n) is 3.18. The zero-order valence-corrected chi connectivity index (χ0v) is 18.5. The molecule has 0 saturated carbocycles. The van der Waals surface area contributed by atoms with Gasteiger partial charge in [-0.3, -0.25) is 4.79 Å². The minimum absolute atomic E-state index is 0.129. The van der Waals surface area contributed by atoms with Gasteiger partial charge in [0.05, 0.1) is 29.5 Å². The van der Waals surface area contributed by atoms with Crippen molar-refractivity contribution < 1.29 is 27.4 Å². The number of carbonyl (C=O) groups is 1. The highest BCUT2D eigenvalue weighted by molar-refractivity contribution is 9.10. The Morgan fingerprint density at radius 1 is 1.00 bits per heavy atom. The largest absolute Gasteiger partial charge is 0.493 e. The number of sulfonamides is 1. The Kier molecular flexibility index (Phi) is 6.81. The predicted molar refractivity (Wildman–Crippen MR) is 111 cm³/mol. The molecule has 1 fully saturated rings. The van der Waals surface area contributed by atoms with E-state index < -0.39 is 10.0 Å². The van der Waals surface area contributed by atoms with Gasteiger partial charge < -0.3 is 14.2 Å². The second-order valence-electron chi connectivity index (χ2n) is 6.55. The highest BCUT2D eigenvalue weighted by Gasteiger charge is 2.33. The van der Waals surface area contributed by atoms with E-state index in [4.69, 9.17) is 14.2 Å². The predicted octanol–water partition coefficient (Wildman–Crippen LogP) is 3.47. The molecule has 2 aromatic rings. The Labute approximate surface area is 178 Å². The van der Waals surface area contributed by atoms with Crippen LogP contribution in [0.5, 0.6) is 17.2 Å². The van der Waals surface area contributed by atoms with Gasteiger partial charge >= 0.3 is 5.97 Å². The van der Waals surface area contributed by atoms with Crippen LogP contribution in [0.3, 0.4) is 0 Å². The fraction of sp³-hybridized carbons (Fsp3) is 0.350. The summed E-state index contributed by atoms with van der Waals surface area (Å²) in [6.45, 7) is 0.485. The normalized spacial score (nSPS) is 15.7. The first-order valence-electron chi connectivity index (χ1n) is 9.05. The molecule has 0 amide bonds. The van der Waals surface area contributed by atoms with Crippen molar-refractivity contribution in [3.63, 3.8) is 0 Å². The number of nitrogens with zero attached hydrogens (tertiary/aromatic N) is 1. The van der Waals surface area contributed by atoms with E-state index in [0.717, 1.165) is 0 Å². The topological polar surface area (TPSA) is 82.1 Å². The van der Waals surface area contributed by atoms with Crippen LogP contribution in [-0.2, 0) is 14.8 Å². The Hall–Kier alpha value is -2.10. The summed E-state index contributed by atoms with van der Waals surface area (Å²) in [6, 6.07) is 11.6. The van der Waals surface area contributed by atoms with E-state index in [1.807, 2.05) is 6.07 Å². The molecule has 2 aromatic carbocycles. The second kappa shape index (κ2) is 9.15. The molecule has 1 saturated heterocycles. The van der Waals surface area contributed by atoms with Gasteiger partial charge in [-0.05, 0) is 53.0 Å². The van der Waals surface area contributed by atoms with E-state index in [1.54, 1.807) is 24.3 Å². The smallest absolute Gasteiger partial charge is 0.314 e. The van der Waals surface area contributed by atoms with Crippen LogP contribution in [0.1, 0.15) is 12.8 Å². The third-order valence-electron chi connectivity index (χ3n) is 4.83. The number of carbonyl (C=O) groups excluding carboxylic acids is 1. The summed E-state index contributed by atoms with van der Waals surface area (Å²) in [5.41, 5.74) is 0. The van der Waals surface area contributed by atoms with Crippen LogP contribution in [0.4, 0.5) is 0 Å². The van der Waals surface area contributed by atoms with Gasteiger partial charge in [-0.1, -0.05) is 12.1 Å². The summed E-state index contributed by atoms with van der Waals surface area (Å²) in [7, 11) is -0.751. The standard InChI is InChI=1S/C20H22BrNO6S/c1-26-18-8-7-15(13-19(18)27-2)29(24,25)22-11-9-14(10-12-22)20(23)28-17-6-4-3-5-16(17)21/h3-8,13-14H,9-12H2,1-2H3. The van der Waals surface area contributed by atoms with Crippen molar-refractivity contribution in [2.45, 2.75) is 17.7 Å². The zero-order valence-electron chi connectivity index (χ0n) is 16.1. The number of esters is 1. The molecule has 0 radical (unpaired) electrons. The van der Waals surface area contributed by atoms with Crippen LogP contribution < -0.4 is 14.2 Å². The molecule has 0 bridgehead atoms. The van der Waals surface area contributed by atoms with E-state index >= 15 is 0 Å². The summed E-state index contributed by atoms with van der Waals surface area (Å²) in [5.74, 6) is 0.567. The van der Waals surface area contributed by atoms with E-state index in [1.165, 1.54) is 30.7 Å². The molecule has 3 rings (SSSR count). The third kappa shape index (κ3) is 4.73. The van der Waals surface area contributed by atoms with Gasteiger partial charge in [0, 0.05) is 19.2 Å². The van der Waals surface area contributed by atoms with E-state index in [9.17, 15) is 13.2 Å². The van der Waals surface area contributed by atoms with Crippen LogP contribution in [0.15, 0.2) is 51.8 Å². The van der Waals surface area contributed by atoms with Crippen molar-refractivity contribution in [3.8, 4) is 17.2 Å². The van der Waals surface area contributed by atoms with Gasteiger partial charge in [-0.15, -0.1) is 0 Å². The summed E-state index contributed by atoms with van der Waals surface area (Å²) in [6.07, 6.45) is 0.797. The van der Waals surface area contributed by atoms with E-state index in [0.29, 0.717) is 34.6 Å². The van der Waals surface area contributed by atoms with Crippen LogP contribution in [0, 0.1) is 5.92 Å². The lowest BCUT2D eigenvalue weighted by molar-refractivity contribution is -0.140. The van der Waals surface area contributed by atoms with E-state index in [2.05, 4.69) is 15.9 Å². The molecule has 1 heterocycles. The molecule has 1 aliphatic heterocycles. The summed E-state index contributed by atoms with van der Waals surface area (Å²) in [4.78, 5) is 12.6. The first-order valence-corrected chi connectivity index (χ1v) is 11.3. The molecule has 0 unspecified atom stereocenters. The highest BCUT2D eigenvalue weighted by atomic mass is 79.9. The van der Waals surface area contributed by atoms with Gasteiger partial charge in [0.1, 0.15) is 5.75 Å². The molecule has 0 spiro atoms. The lowest BCUT2D eigenvalue weighted by atomic mass is 9.98. The van der Waals surface area contributed by atoms with Crippen molar-refractivity contribution in [3.05, 3.63) is 46.9 Å². The molecule has 0 aromatic heterocycles. The monoisotopic (exact) mass is 483 g/mol. The lowest BCUT2D eigenvalue weighted by Crippen LogP contribution is -2.41. The maximum absolute atomic E-state index is 13.0. The molecule has 9 heteroatoms. The summed E-state index contributed by atoms with van der Waals surface area (Å²) >= 11 is 3.35. The first-order chi connectivity index (χ1) is 13.9. The Morgan fingerprint density at radius 2 is 1.66 bits per heavy atom. The Morgan fingerprint density at radius 3 is 2.28 bits per heavy atom. The summed E-state index contributed by atoms with van der Waals surface area (Å²) in [5, 5.41) is 0. The maximum atomic E-state index is 13.0. The van der Waals surface area contributed by atoms with Crippen molar-refractivity contribution in [1.82, 2.24) is 4.31 Å². The molecule has 156 valence electrons. The van der Waals surface area contributed by atoms with Crippen LogP contribution in [0.2, 0.25) is 0 Å². The number of ether oxygens (including phenoxy) is 3.